The highest BCUT2D eigenvalue weighted by atomic mass is 16.6. The Labute approximate surface area is 123 Å². The van der Waals surface area contributed by atoms with Gasteiger partial charge in [0.15, 0.2) is 5.41 Å². The zero-order chi connectivity index (χ0) is 15.2. The van der Waals surface area contributed by atoms with Crippen LogP contribution in [0.15, 0.2) is 0 Å². The molecule has 0 amide bonds. The lowest BCUT2D eigenvalue weighted by atomic mass is 9.64. The molecule has 0 aromatic rings. The van der Waals surface area contributed by atoms with E-state index in [0.717, 1.165) is 19.3 Å². The second-order valence-electron chi connectivity index (χ2n) is 6.28. The molecule has 6 heteroatoms. The first-order chi connectivity index (χ1) is 10.0. The van der Waals surface area contributed by atoms with E-state index in [1.807, 2.05) is 0 Å². The van der Waals surface area contributed by atoms with Crippen molar-refractivity contribution in [2.45, 2.75) is 38.2 Å². The molecule has 1 aliphatic heterocycles. The van der Waals surface area contributed by atoms with Crippen LogP contribution in [-0.2, 0) is 28.6 Å². The maximum Gasteiger partial charge on any atom is 0.323 e. The van der Waals surface area contributed by atoms with Crippen molar-refractivity contribution in [2.24, 2.45) is 23.2 Å². The van der Waals surface area contributed by atoms with Gasteiger partial charge in [0.1, 0.15) is 6.10 Å². The molecule has 3 aliphatic rings. The zero-order valence-electron chi connectivity index (χ0n) is 12.3. The average molecular weight is 296 g/mol. The number of hydrogen-bond acceptors (Lipinski definition) is 6. The fraction of sp³-hybridized carbons (Fsp3) is 0.800. The molecule has 2 saturated carbocycles. The first-order valence-corrected chi connectivity index (χ1v) is 7.41. The van der Waals surface area contributed by atoms with Crippen LogP contribution in [0.4, 0.5) is 0 Å². The highest BCUT2D eigenvalue weighted by Crippen LogP contribution is 2.58. The molecule has 6 nitrogen and oxygen atoms in total. The lowest BCUT2D eigenvalue weighted by molar-refractivity contribution is -0.181. The van der Waals surface area contributed by atoms with Crippen molar-refractivity contribution in [3.8, 4) is 0 Å². The van der Waals surface area contributed by atoms with Gasteiger partial charge in [-0.1, -0.05) is 0 Å². The first kappa shape index (κ1) is 14.4. The maximum absolute atomic E-state index is 12.4. The number of esters is 3. The number of carbonyl (C=O) groups is 3. The van der Waals surface area contributed by atoms with E-state index in [-0.39, 0.29) is 29.8 Å². The number of fused-ring (bicyclic) bond motifs is 3. The molecule has 1 saturated heterocycles. The maximum atomic E-state index is 12.4. The molecular weight excluding hydrogens is 276 g/mol. The lowest BCUT2D eigenvalue weighted by Gasteiger charge is -2.40. The minimum atomic E-state index is -1.32. The van der Waals surface area contributed by atoms with Crippen molar-refractivity contribution in [3.63, 3.8) is 0 Å². The van der Waals surface area contributed by atoms with Crippen LogP contribution in [0.25, 0.3) is 0 Å². The van der Waals surface area contributed by atoms with Crippen molar-refractivity contribution < 1.29 is 28.6 Å². The summed E-state index contributed by atoms with van der Waals surface area (Å²) in [6.45, 7) is 0. The predicted octanol–water partition coefficient (Wildman–Crippen LogP) is 1.07. The highest BCUT2D eigenvalue weighted by molar-refractivity contribution is 6.01. The Hall–Kier alpha value is -1.59. The second-order valence-corrected chi connectivity index (χ2v) is 6.28. The van der Waals surface area contributed by atoms with Crippen LogP contribution in [0, 0.1) is 23.2 Å². The van der Waals surface area contributed by atoms with Gasteiger partial charge in [-0.3, -0.25) is 14.4 Å². The molecule has 3 fully saturated rings. The summed E-state index contributed by atoms with van der Waals surface area (Å²) in [6, 6.07) is 0. The number of ether oxygens (including phenoxy) is 3. The molecule has 0 unspecified atom stereocenters. The molecule has 21 heavy (non-hydrogen) atoms. The number of carbonyl (C=O) groups excluding carboxylic acids is 3. The molecule has 0 bridgehead atoms. The van der Waals surface area contributed by atoms with E-state index < -0.39 is 17.4 Å². The van der Waals surface area contributed by atoms with Crippen molar-refractivity contribution in [3.05, 3.63) is 0 Å². The van der Waals surface area contributed by atoms with E-state index in [0.29, 0.717) is 12.8 Å². The quantitative estimate of drug-likeness (QED) is 0.431. The normalized spacial score (nSPS) is 36.4. The molecule has 4 atom stereocenters. The third-order valence-electron chi connectivity index (χ3n) is 5.51. The Bertz CT molecular complexity index is 469. The molecule has 0 aromatic heterocycles. The van der Waals surface area contributed by atoms with E-state index in [9.17, 15) is 14.4 Å². The van der Waals surface area contributed by atoms with Crippen LogP contribution < -0.4 is 0 Å². The van der Waals surface area contributed by atoms with E-state index in [1.54, 1.807) is 0 Å². The highest BCUT2D eigenvalue weighted by Gasteiger charge is 2.66. The summed E-state index contributed by atoms with van der Waals surface area (Å²) in [5, 5.41) is 0. The predicted molar refractivity (Wildman–Crippen MR) is 69.9 cm³/mol. The molecule has 0 N–H and O–H groups in total. The minimum absolute atomic E-state index is 0.102. The van der Waals surface area contributed by atoms with E-state index in [1.165, 1.54) is 14.2 Å². The van der Waals surface area contributed by atoms with E-state index >= 15 is 0 Å². The monoisotopic (exact) mass is 296 g/mol. The summed E-state index contributed by atoms with van der Waals surface area (Å²) in [5.41, 5.74) is -1.32. The van der Waals surface area contributed by atoms with Crippen LogP contribution >= 0.6 is 0 Å². The van der Waals surface area contributed by atoms with Gasteiger partial charge in [-0.15, -0.1) is 0 Å². The SMILES string of the molecule is COC(=O)C1(C(=O)OC)CC[C@H]2CC[C@@H]3CC(=O)O[C@@H]3[C@H]21. The smallest absolute Gasteiger partial charge is 0.323 e. The summed E-state index contributed by atoms with van der Waals surface area (Å²) < 4.78 is 15.3. The Morgan fingerprint density at radius 2 is 1.71 bits per heavy atom. The van der Waals surface area contributed by atoms with Crippen molar-refractivity contribution in [1.82, 2.24) is 0 Å². The van der Waals surface area contributed by atoms with Crippen LogP contribution in [0.1, 0.15) is 32.1 Å². The number of rotatable bonds is 2. The molecule has 0 spiro atoms. The lowest BCUT2D eigenvalue weighted by Crippen LogP contribution is -2.52. The van der Waals surface area contributed by atoms with Crippen LogP contribution in [0.2, 0.25) is 0 Å². The average Bonchev–Trinajstić information content (AvgIpc) is 3.05. The summed E-state index contributed by atoms with van der Waals surface area (Å²) in [4.78, 5) is 36.4. The topological polar surface area (TPSA) is 78.9 Å². The molecular formula is C15H20O6. The summed E-state index contributed by atoms with van der Waals surface area (Å²) in [7, 11) is 2.56. The van der Waals surface area contributed by atoms with Gasteiger partial charge in [-0.05, 0) is 31.6 Å². The van der Waals surface area contributed by atoms with Crippen LogP contribution in [-0.4, -0.2) is 38.2 Å². The zero-order valence-corrected chi connectivity index (χ0v) is 12.3. The van der Waals surface area contributed by atoms with E-state index in [2.05, 4.69) is 0 Å². The van der Waals surface area contributed by atoms with Gasteiger partial charge < -0.3 is 14.2 Å². The molecule has 3 rings (SSSR count). The fourth-order valence-corrected chi connectivity index (χ4v) is 4.65. The van der Waals surface area contributed by atoms with Gasteiger partial charge in [0.2, 0.25) is 0 Å². The van der Waals surface area contributed by atoms with Crippen LogP contribution in [0.5, 0.6) is 0 Å². The third-order valence-corrected chi connectivity index (χ3v) is 5.51. The third kappa shape index (κ3) is 1.88. The Morgan fingerprint density at radius 1 is 1.10 bits per heavy atom. The second kappa shape index (κ2) is 5.00. The fourth-order valence-electron chi connectivity index (χ4n) is 4.65. The van der Waals surface area contributed by atoms with Crippen molar-refractivity contribution in [2.75, 3.05) is 14.2 Å². The van der Waals surface area contributed by atoms with Gasteiger partial charge >= 0.3 is 17.9 Å². The van der Waals surface area contributed by atoms with E-state index in [4.69, 9.17) is 14.2 Å². The van der Waals surface area contributed by atoms with Gasteiger partial charge in [0.05, 0.1) is 20.6 Å². The molecule has 116 valence electrons. The number of hydrogen-bond donors (Lipinski definition) is 0. The minimum Gasteiger partial charge on any atom is -0.468 e. The molecule has 1 heterocycles. The van der Waals surface area contributed by atoms with Gasteiger partial charge in [0.25, 0.3) is 0 Å². The number of methoxy groups -OCH3 is 2. The van der Waals surface area contributed by atoms with Crippen molar-refractivity contribution >= 4 is 17.9 Å². The van der Waals surface area contributed by atoms with Gasteiger partial charge in [0, 0.05) is 11.8 Å². The summed E-state index contributed by atoms with van der Waals surface area (Å²) >= 11 is 0. The van der Waals surface area contributed by atoms with Crippen molar-refractivity contribution in [1.29, 1.82) is 0 Å². The summed E-state index contributed by atoms with van der Waals surface area (Å²) in [6.07, 6.45) is 3.01. The van der Waals surface area contributed by atoms with Gasteiger partial charge in [-0.25, -0.2) is 0 Å². The molecule has 0 aromatic carbocycles. The Morgan fingerprint density at radius 3 is 2.33 bits per heavy atom. The Balaban J connectivity index is 2.02. The largest absolute Gasteiger partial charge is 0.468 e. The molecule has 2 aliphatic carbocycles. The van der Waals surface area contributed by atoms with Gasteiger partial charge in [-0.2, -0.15) is 0 Å². The summed E-state index contributed by atoms with van der Waals surface area (Å²) in [5.74, 6) is -1.37. The molecule has 0 radical (unpaired) electrons. The first-order valence-electron chi connectivity index (χ1n) is 7.41. The standard InChI is InChI=1S/C15H20O6/c1-19-13(17)15(14(18)20-2)6-5-8-3-4-9-7-10(16)21-12(9)11(8)15/h8-9,11-12H,3-7H2,1-2H3/t8-,9-,11+,12+/m1/s1. The Kier molecular flexibility index (Phi) is 3.42. The van der Waals surface area contributed by atoms with Crippen LogP contribution in [0.3, 0.4) is 0 Å².